The van der Waals surface area contributed by atoms with E-state index in [0.717, 1.165) is 28.6 Å². The van der Waals surface area contributed by atoms with Gasteiger partial charge < -0.3 is 10.1 Å². The third-order valence-corrected chi connectivity index (χ3v) is 4.39. The zero-order valence-electron chi connectivity index (χ0n) is 10.1. The minimum atomic E-state index is -0.0532. The molecule has 1 aromatic carbocycles. The van der Waals surface area contributed by atoms with Crippen molar-refractivity contribution < 1.29 is 9.53 Å². The normalized spacial score (nSPS) is 20.7. The van der Waals surface area contributed by atoms with Crippen molar-refractivity contribution in [3.63, 3.8) is 0 Å². The van der Waals surface area contributed by atoms with E-state index >= 15 is 0 Å². The Hall–Kier alpha value is -0.390. The summed E-state index contributed by atoms with van der Waals surface area (Å²) in [7, 11) is 0. The maximum absolute atomic E-state index is 12.2. The first-order chi connectivity index (χ1) is 8.58. The first-order valence-corrected chi connectivity index (χ1v) is 7.50. The second-order valence-electron chi connectivity index (χ2n) is 4.51. The molecule has 3 nitrogen and oxygen atoms in total. The molecule has 1 aliphatic heterocycles. The summed E-state index contributed by atoms with van der Waals surface area (Å²) in [6.07, 6.45) is 1.01. The zero-order valence-corrected chi connectivity index (χ0v) is 13.3. The molecule has 2 rings (SSSR count). The van der Waals surface area contributed by atoms with Crippen molar-refractivity contribution in [2.24, 2.45) is 5.92 Å². The lowest BCUT2D eigenvalue weighted by atomic mass is 10.0. The largest absolute Gasteiger partial charge is 0.381 e. The Kier molecular flexibility index (Phi) is 4.81. The van der Waals surface area contributed by atoms with Crippen LogP contribution in [-0.4, -0.2) is 25.2 Å². The molecule has 2 atom stereocenters. The molecule has 0 aliphatic carbocycles. The zero-order chi connectivity index (χ0) is 13.1. The fourth-order valence-electron chi connectivity index (χ4n) is 2.02. The monoisotopic (exact) mass is 375 g/mol. The molecule has 0 bridgehead atoms. The van der Waals surface area contributed by atoms with E-state index in [0.29, 0.717) is 11.5 Å². The summed E-state index contributed by atoms with van der Waals surface area (Å²) in [5, 5.41) is 3.04. The van der Waals surface area contributed by atoms with Crippen molar-refractivity contribution in [3.8, 4) is 0 Å². The molecule has 5 heteroatoms. The van der Waals surface area contributed by atoms with Crippen molar-refractivity contribution in [3.05, 3.63) is 32.7 Å². The minimum absolute atomic E-state index is 0.0532. The van der Waals surface area contributed by atoms with Crippen LogP contribution in [-0.2, 0) is 4.74 Å². The molecule has 2 unspecified atom stereocenters. The third-order valence-electron chi connectivity index (χ3n) is 3.20. The van der Waals surface area contributed by atoms with E-state index < -0.39 is 0 Å². The fourth-order valence-corrected chi connectivity index (χ4v) is 2.81. The van der Waals surface area contributed by atoms with Gasteiger partial charge >= 0.3 is 0 Å². The van der Waals surface area contributed by atoms with Crippen molar-refractivity contribution in [1.82, 2.24) is 5.32 Å². The minimum Gasteiger partial charge on any atom is -0.381 e. The van der Waals surface area contributed by atoms with Gasteiger partial charge in [0.1, 0.15) is 0 Å². The Morgan fingerprint density at radius 1 is 1.50 bits per heavy atom. The molecule has 98 valence electrons. The van der Waals surface area contributed by atoms with Gasteiger partial charge in [0, 0.05) is 27.5 Å². The third kappa shape index (κ3) is 3.33. The van der Waals surface area contributed by atoms with Gasteiger partial charge in [-0.25, -0.2) is 0 Å². The average Bonchev–Trinajstić information content (AvgIpc) is 2.85. The molecule has 1 N–H and O–H groups in total. The quantitative estimate of drug-likeness (QED) is 0.878. The highest BCUT2D eigenvalue weighted by Gasteiger charge is 2.24. The second-order valence-corrected chi connectivity index (χ2v) is 6.28. The number of carbonyl (C=O) groups excluding carboxylic acids is 1. The highest BCUT2D eigenvalue weighted by atomic mass is 79.9. The van der Waals surface area contributed by atoms with Gasteiger partial charge in [-0.3, -0.25) is 4.79 Å². The van der Waals surface area contributed by atoms with Crippen LogP contribution < -0.4 is 5.32 Å². The van der Waals surface area contributed by atoms with E-state index in [9.17, 15) is 4.79 Å². The van der Waals surface area contributed by atoms with Gasteiger partial charge in [-0.05, 0) is 47.5 Å². The van der Waals surface area contributed by atoms with Gasteiger partial charge in [-0.2, -0.15) is 0 Å². The Labute approximate surface area is 124 Å². The van der Waals surface area contributed by atoms with Crippen LogP contribution in [0.3, 0.4) is 0 Å². The number of benzene rings is 1. The Morgan fingerprint density at radius 2 is 2.28 bits per heavy atom. The molecule has 0 spiro atoms. The molecule has 0 aromatic heterocycles. The number of halogens is 2. The molecule has 0 radical (unpaired) electrons. The summed E-state index contributed by atoms with van der Waals surface area (Å²) in [6.45, 7) is 3.57. The van der Waals surface area contributed by atoms with Crippen molar-refractivity contribution in [2.45, 2.75) is 19.4 Å². The van der Waals surface area contributed by atoms with Gasteiger partial charge in [0.2, 0.25) is 0 Å². The second kappa shape index (κ2) is 6.17. The van der Waals surface area contributed by atoms with E-state index in [2.05, 4.69) is 37.2 Å². The first kappa shape index (κ1) is 14.0. The summed E-state index contributed by atoms with van der Waals surface area (Å²) in [5.41, 5.74) is 0.648. The molecule has 1 heterocycles. The maximum atomic E-state index is 12.2. The summed E-state index contributed by atoms with van der Waals surface area (Å²) < 4.78 is 7.04. The van der Waals surface area contributed by atoms with Crippen molar-refractivity contribution >= 4 is 37.8 Å². The Balaban J connectivity index is 2.04. The summed E-state index contributed by atoms with van der Waals surface area (Å²) in [5.74, 6) is 0.363. The lowest BCUT2D eigenvalue weighted by Gasteiger charge is -2.19. The van der Waals surface area contributed by atoms with E-state index in [4.69, 9.17) is 4.74 Å². The SMILES string of the molecule is CC(NC(=O)c1cc(Br)ccc1Br)C1CCOC1. The predicted molar refractivity (Wildman–Crippen MR) is 77.7 cm³/mol. The number of rotatable bonds is 3. The topological polar surface area (TPSA) is 38.3 Å². The summed E-state index contributed by atoms with van der Waals surface area (Å²) in [4.78, 5) is 12.2. The molecule has 1 aliphatic rings. The fraction of sp³-hybridized carbons (Fsp3) is 0.462. The predicted octanol–water partition coefficient (Wildman–Crippen LogP) is 3.37. The van der Waals surface area contributed by atoms with Gasteiger partial charge in [0.15, 0.2) is 0 Å². The van der Waals surface area contributed by atoms with Gasteiger partial charge in [-0.1, -0.05) is 15.9 Å². The Morgan fingerprint density at radius 3 is 2.94 bits per heavy atom. The van der Waals surface area contributed by atoms with Crippen molar-refractivity contribution in [1.29, 1.82) is 0 Å². The van der Waals surface area contributed by atoms with E-state index in [1.54, 1.807) is 0 Å². The van der Waals surface area contributed by atoms with Gasteiger partial charge in [0.25, 0.3) is 5.91 Å². The van der Waals surface area contributed by atoms with Crippen LogP contribution in [0.15, 0.2) is 27.1 Å². The summed E-state index contributed by atoms with van der Waals surface area (Å²) >= 11 is 6.77. The molecule has 1 aromatic rings. The first-order valence-electron chi connectivity index (χ1n) is 5.91. The number of hydrogen-bond acceptors (Lipinski definition) is 2. The van der Waals surface area contributed by atoms with Crippen LogP contribution in [0.25, 0.3) is 0 Å². The van der Waals surface area contributed by atoms with Gasteiger partial charge in [-0.15, -0.1) is 0 Å². The summed E-state index contributed by atoms with van der Waals surface area (Å²) in [6, 6.07) is 5.71. The standard InChI is InChI=1S/C13H15Br2NO2/c1-8(9-4-5-18-7-9)16-13(17)11-6-10(14)2-3-12(11)15/h2-3,6,8-9H,4-5,7H2,1H3,(H,16,17). The molecule has 1 amide bonds. The van der Waals surface area contributed by atoms with Crippen LogP contribution in [0.1, 0.15) is 23.7 Å². The average molecular weight is 377 g/mol. The smallest absolute Gasteiger partial charge is 0.252 e. The van der Waals surface area contributed by atoms with Gasteiger partial charge in [0.05, 0.1) is 12.2 Å². The molecule has 18 heavy (non-hydrogen) atoms. The van der Waals surface area contributed by atoms with Crippen LogP contribution in [0.4, 0.5) is 0 Å². The van der Waals surface area contributed by atoms with Crippen LogP contribution in [0.5, 0.6) is 0 Å². The lowest BCUT2D eigenvalue weighted by Crippen LogP contribution is -2.38. The van der Waals surface area contributed by atoms with Crippen LogP contribution >= 0.6 is 31.9 Å². The molecule has 1 saturated heterocycles. The van der Waals surface area contributed by atoms with E-state index in [1.165, 1.54) is 0 Å². The van der Waals surface area contributed by atoms with E-state index in [1.807, 2.05) is 25.1 Å². The lowest BCUT2D eigenvalue weighted by molar-refractivity contribution is 0.0921. The molecule has 0 saturated carbocycles. The molecule has 1 fully saturated rings. The number of nitrogens with one attached hydrogen (secondary N) is 1. The Bertz CT molecular complexity index is 445. The highest BCUT2D eigenvalue weighted by Crippen LogP contribution is 2.22. The van der Waals surface area contributed by atoms with Crippen molar-refractivity contribution in [2.75, 3.05) is 13.2 Å². The number of amides is 1. The number of hydrogen-bond donors (Lipinski definition) is 1. The number of carbonyl (C=O) groups is 1. The van der Waals surface area contributed by atoms with Crippen LogP contribution in [0, 0.1) is 5.92 Å². The molecular weight excluding hydrogens is 362 g/mol. The van der Waals surface area contributed by atoms with Crippen LogP contribution in [0.2, 0.25) is 0 Å². The molecular formula is C13H15Br2NO2. The number of ether oxygens (including phenoxy) is 1. The highest BCUT2D eigenvalue weighted by molar-refractivity contribution is 9.11. The maximum Gasteiger partial charge on any atom is 0.252 e. The van der Waals surface area contributed by atoms with E-state index in [-0.39, 0.29) is 11.9 Å².